The van der Waals surface area contributed by atoms with E-state index in [0.717, 1.165) is 24.0 Å². The van der Waals surface area contributed by atoms with Gasteiger partial charge in [0, 0.05) is 24.1 Å². The second kappa shape index (κ2) is 5.64. The van der Waals surface area contributed by atoms with E-state index in [4.69, 9.17) is 4.74 Å². The molecule has 0 radical (unpaired) electrons. The van der Waals surface area contributed by atoms with Crippen molar-refractivity contribution in [2.75, 3.05) is 0 Å². The van der Waals surface area contributed by atoms with Crippen molar-refractivity contribution in [2.45, 2.75) is 71.1 Å². The monoisotopic (exact) mass is 287 g/mol. The summed E-state index contributed by atoms with van der Waals surface area (Å²) in [5.74, 6) is 2.65. The Kier molecular flexibility index (Phi) is 4.00. The third kappa shape index (κ3) is 3.11. The number of hydrogen-bond donors (Lipinski definition) is 1. The van der Waals surface area contributed by atoms with Crippen LogP contribution in [-0.2, 0) is 0 Å². The Morgan fingerprint density at radius 1 is 1.14 bits per heavy atom. The van der Waals surface area contributed by atoms with E-state index in [9.17, 15) is 0 Å². The molecule has 0 spiro atoms. The van der Waals surface area contributed by atoms with Crippen LogP contribution < -0.4 is 10.1 Å². The van der Waals surface area contributed by atoms with Gasteiger partial charge in [0.2, 0.25) is 0 Å². The predicted octanol–water partition coefficient (Wildman–Crippen LogP) is 4.70. The van der Waals surface area contributed by atoms with Gasteiger partial charge in [0.05, 0.1) is 0 Å². The Hall–Kier alpha value is -1.02. The lowest BCUT2D eigenvalue weighted by Gasteiger charge is -2.42. The van der Waals surface area contributed by atoms with Gasteiger partial charge in [0.1, 0.15) is 11.4 Å². The van der Waals surface area contributed by atoms with Crippen molar-refractivity contribution in [3.8, 4) is 5.75 Å². The summed E-state index contributed by atoms with van der Waals surface area (Å²) in [6, 6.07) is 9.59. The fourth-order valence-electron chi connectivity index (χ4n) is 4.03. The molecule has 1 saturated carbocycles. The molecule has 0 amide bonds. The van der Waals surface area contributed by atoms with Crippen molar-refractivity contribution in [1.82, 2.24) is 5.32 Å². The lowest BCUT2D eigenvalue weighted by atomic mass is 9.77. The van der Waals surface area contributed by atoms with Gasteiger partial charge in [-0.3, -0.25) is 0 Å². The fraction of sp³-hybridized carbons (Fsp3) is 0.684. The minimum atomic E-state index is -0.0878. The molecule has 1 aromatic carbocycles. The largest absolute Gasteiger partial charge is 0.487 e. The Balaban J connectivity index is 1.81. The first-order chi connectivity index (χ1) is 9.96. The van der Waals surface area contributed by atoms with Crippen molar-refractivity contribution < 1.29 is 4.74 Å². The lowest BCUT2D eigenvalue weighted by molar-refractivity contribution is 0.0578. The average molecular weight is 287 g/mol. The molecule has 2 nitrogen and oxygen atoms in total. The summed E-state index contributed by atoms with van der Waals surface area (Å²) in [4.78, 5) is 0. The van der Waals surface area contributed by atoms with Gasteiger partial charge in [-0.2, -0.15) is 0 Å². The van der Waals surface area contributed by atoms with E-state index in [0.29, 0.717) is 12.1 Å². The highest BCUT2D eigenvalue weighted by molar-refractivity contribution is 5.38. The summed E-state index contributed by atoms with van der Waals surface area (Å²) < 4.78 is 6.15. The highest BCUT2D eigenvalue weighted by Crippen LogP contribution is 2.41. The molecular formula is C19H29NO. The number of nitrogens with one attached hydrogen (secondary N) is 1. The first-order valence-electron chi connectivity index (χ1n) is 8.50. The zero-order chi connectivity index (χ0) is 15.0. The van der Waals surface area contributed by atoms with Crippen molar-refractivity contribution in [3.05, 3.63) is 29.8 Å². The van der Waals surface area contributed by atoms with E-state index in [1.807, 2.05) is 0 Å². The lowest BCUT2D eigenvalue weighted by Crippen LogP contribution is -2.46. The Labute approximate surface area is 129 Å². The van der Waals surface area contributed by atoms with Crippen LogP contribution >= 0.6 is 0 Å². The topological polar surface area (TPSA) is 21.3 Å². The molecule has 21 heavy (non-hydrogen) atoms. The minimum Gasteiger partial charge on any atom is -0.487 e. The third-order valence-corrected chi connectivity index (χ3v) is 5.50. The maximum atomic E-state index is 6.15. The molecule has 4 atom stereocenters. The van der Waals surface area contributed by atoms with E-state index in [-0.39, 0.29) is 5.60 Å². The van der Waals surface area contributed by atoms with E-state index in [1.165, 1.54) is 24.8 Å². The van der Waals surface area contributed by atoms with Gasteiger partial charge in [-0.05, 0) is 38.2 Å². The van der Waals surface area contributed by atoms with Crippen LogP contribution in [0.5, 0.6) is 5.75 Å². The SMILES string of the molecule is CC1CCCC(NC2CC(C)(C)Oc3ccccc32)C1C. The van der Waals surface area contributed by atoms with Crippen LogP contribution in [-0.4, -0.2) is 11.6 Å². The zero-order valence-corrected chi connectivity index (χ0v) is 13.9. The summed E-state index contributed by atoms with van der Waals surface area (Å²) in [6.07, 6.45) is 5.10. The Morgan fingerprint density at radius 2 is 1.90 bits per heavy atom. The maximum absolute atomic E-state index is 6.15. The standard InChI is InChI=1S/C19H29NO/c1-13-8-7-10-16(14(13)2)20-17-12-19(3,4)21-18-11-6-5-9-15(17)18/h5-6,9,11,13-14,16-17,20H,7-8,10,12H2,1-4H3. The van der Waals surface area contributed by atoms with Crippen LogP contribution in [0.25, 0.3) is 0 Å². The summed E-state index contributed by atoms with van der Waals surface area (Å²) in [6.45, 7) is 9.22. The summed E-state index contributed by atoms with van der Waals surface area (Å²) in [5.41, 5.74) is 1.25. The number of para-hydroxylation sites is 1. The van der Waals surface area contributed by atoms with Crippen LogP contribution in [0.15, 0.2) is 24.3 Å². The molecule has 1 fully saturated rings. The predicted molar refractivity (Wildman–Crippen MR) is 87.6 cm³/mol. The number of fused-ring (bicyclic) bond motifs is 1. The molecule has 0 bridgehead atoms. The fourth-order valence-corrected chi connectivity index (χ4v) is 4.03. The van der Waals surface area contributed by atoms with Crippen molar-refractivity contribution in [3.63, 3.8) is 0 Å². The van der Waals surface area contributed by atoms with Gasteiger partial charge < -0.3 is 10.1 Å². The summed E-state index contributed by atoms with van der Waals surface area (Å²) in [5, 5.41) is 3.97. The van der Waals surface area contributed by atoms with Crippen LogP contribution in [0.2, 0.25) is 0 Å². The van der Waals surface area contributed by atoms with Gasteiger partial charge in [-0.25, -0.2) is 0 Å². The molecule has 1 heterocycles. The first kappa shape index (κ1) is 14.9. The quantitative estimate of drug-likeness (QED) is 0.851. The molecule has 116 valence electrons. The number of hydrogen-bond acceptors (Lipinski definition) is 2. The molecule has 4 unspecified atom stereocenters. The number of benzene rings is 1. The average Bonchev–Trinajstić information content (AvgIpc) is 2.42. The summed E-state index contributed by atoms with van der Waals surface area (Å²) >= 11 is 0. The van der Waals surface area contributed by atoms with Crippen LogP contribution in [0.1, 0.15) is 65.0 Å². The van der Waals surface area contributed by atoms with E-state index in [2.05, 4.69) is 57.3 Å². The second-order valence-electron chi connectivity index (χ2n) is 7.70. The van der Waals surface area contributed by atoms with Gasteiger partial charge in [0.25, 0.3) is 0 Å². The molecule has 2 heteroatoms. The first-order valence-corrected chi connectivity index (χ1v) is 8.50. The normalized spacial score (nSPS) is 34.9. The van der Waals surface area contributed by atoms with Crippen molar-refractivity contribution >= 4 is 0 Å². The molecular weight excluding hydrogens is 258 g/mol. The molecule has 1 N–H and O–H groups in total. The van der Waals surface area contributed by atoms with E-state index >= 15 is 0 Å². The molecule has 1 aromatic rings. The molecule has 0 saturated heterocycles. The summed E-state index contributed by atoms with van der Waals surface area (Å²) in [7, 11) is 0. The third-order valence-electron chi connectivity index (χ3n) is 5.50. The van der Waals surface area contributed by atoms with Crippen LogP contribution in [0, 0.1) is 11.8 Å². The Morgan fingerprint density at radius 3 is 2.71 bits per heavy atom. The second-order valence-corrected chi connectivity index (χ2v) is 7.70. The molecule has 2 aliphatic rings. The van der Waals surface area contributed by atoms with Gasteiger partial charge in [-0.1, -0.05) is 44.9 Å². The van der Waals surface area contributed by atoms with Gasteiger partial charge in [-0.15, -0.1) is 0 Å². The van der Waals surface area contributed by atoms with Crippen LogP contribution in [0.4, 0.5) is 0 Å². The van der Waals surface area contributed by atoms with Gasteiger partial charge in [0.15, 0.2) is 0 Å². The zero-order valence-electron chi connectivity index (χ0n) is 13.9. The smallest absolute Gasteiger partial charge is 0.124 e. The Bertz CT molecular complexity index is 496. The van der Waals surface area contributed by atoms with E-state index < -0.39 is 0 Å². The van der Waals surface area contributed by atoms with Crippen molar-refractivity contribution in [1.29, 1.82) is 0 Å². The van der Waals surface area contributed by atoms with Gasteiger partial charge >= 0.3 is 0 Å². The molecule has 1 aliphatic carbocycles. The maximum Gasteiger partial charge on any atom is 0.124 e. The molecule has 0 aromatic heterocycles. The highest BCUT2D eigenvalue weighted by Gasteiger charge is 2.36. The molecule has 3 rings (SSSR count). The number of rotatable bonds is 2. The van der Waals surface area contributed by atoms with E-state index in [1.54, 1.807) is 0 Å². The highest BCUT2D eigenvalue weighted by atomic mass is 16.5. The van der Waals surface area contributed by atoms with Crippen LogP contribution in [0.3, 0.4) is 0 Å². The minimum absolute atomic E-state index is 0.0878. The van der Waals surface area contributed by atoms with Crippen molar-refractivity contribution in [2.24, 2.45) is 11.8 Å². The number of ether oxygens (including phenoxy) is 1. The molecule has 1 aliphatic heterocycles.